The zero-order valence-corrected chi connectivity index (χ0v) is 14.7. The van der Waals surface area contributed by atoms with Crippen molar-refractivity contribution in [2.45, 2.75) is 12.5 Å². The summed E-state index contributed by atoms with van der Waals surface area (Å²) >= 11 is 0. The lowest BCUT2D eigenvalue weighted by molar-refractivity contribution is -0.139. The van der Waals surface area contributed by atoms with Gasteiger partial charge in [-0.1, -0.05) is 18.2 Å². The molecule has 1 aromatic carbocycles. The summed E-state index contributed by atoms with van der Waals surface area (Å²) in [5.41, 5.74) is 2.40. The average Bonchev–Trinajstić information content (AvgIpc) is 3.32. The van der Waals surface area contributed by atoms with Gasteiger partial charge in [0.15, 0.2) is 0 Å². The van der Waals surface area contributed by atoms with E-state index in [2.05, 4.69) is 27.7 Å². The van der Waals surface area contributed by atoms with Crippen LogP contribution in [0.25, 0.3) is 0 Å². The minimum absolute atomic E-state index is 0.177. The van der Waals surface area contributed by atoms with Crippen molar-refractivity contribution < 1.29 is 18.7 Å². The highest BCUT2D eigenvalue weighted by Gasteiger charge is 2.29. The molecule has 0 spiro atoms. The van der Waals surface area contributed by atoms with Gasteiger partial charge in [-0.3, -0.25) is 9.59 Å². The number of amides is 2. The molecule has 1 aromatic heterocycles. The quantitative estimate of drug-likeness (QED) is 0.576. The lowest BCUT2D eigenvalue weighted by atomic mass is 10.1. The lowest BCUT2D eigenvalue weighted by Crippen LogP contribution is -2.44. The van der Waals surface area contributed by atoms with Gasteiger partial charge in [-0.05, 0) is 30.2 Å². The number of benzene rings is 1. The Balaban J connectivity index is 1.67. The van der Waals surface area contributed by atoms with Gasteiger partial charge in [0.05, 0.1) is 12.9 Å². The molecule has 2 amide bonds. The summed E-state index contributed by atoms with van der Waals surface area (Å²) in [6, 6.07) is 11.7. The van der Waals surface area contributed by atoms with Gasteiger partial charge in [0.25, 0.3) is 0 Å². The van der Waals surface area contributed by atoms with Crippen LogP contribution in [0, 0.1) is 0 Å². The Hall–Kier alpha value is -2.80. The van der Waals surface area contributed by atoms with Crippen molar-refractivity contribution in [2.75, 3.05) is 38.3 Å². The highest BCUT2D eigenvalue weighted by Crippen LogP contribution is 2.34. The third-order valence-electron chi connectivity index (χ3n) is 4.42. The van der Waals surface area contributed by atoms with Crippen LogP contribution >= 0.6 is 0 Å². The van der Waals surface area contributed by atoms with E-state index in [9.17, 15) is 9.59 Å². The number of rotatable bonds is 7. The van der Waals surface area contributed by atoms with Gasteiger partial charge >= 0.3 is 11.8 Å². The number of anilines is 1. The van der Waals surface area contributed by atoms with Crippen LogP contribution in [0.2, 0.25) is 0 Å². The van der Waals surface area contributed by atoms with Crippen molar-refractivity contribution in [1.29, 1.82) is 0 Å². The Morgan fingerprint density at radius 2 is 2.00 bits per heavy atom. The van der Waals surface area contributed by atoms with E-state index in [0.29, 0.717) is 13.2 Å². The van der Waals surface area contributed by atoms with Gasteiger partial charge in [0.1, 0.15) is 11.8 Å². The number of nitrogens with one attached hydrogen (secondary N) is 2. The summed E-state index contributed by atoms with van der Waals surface area (Å²) in [6.07, 6.45) is 2.56. The maximum absolute atomic E-state index is 12.1. The molecule has 1 atom stereocenters. The molecule has 1 aliphatic heterocycles. The molecule has 2 heterocycles. The Kier molecular flexibility index (Phi) is 5.91. The van der Waals surface area contributed by atoms with E-state index in [4.69, 9.17) is 9.15 Å². The molecule has 138 valence electrons. The van der Waals surface area contributed by atoms with Crippen molar-refractivity contribution in [1.82, 2.24) is 10.6 Å². The van der Waals surface area contributed by atoms with Crippen molar-refractivity contribution >= 4 is 17.5 Å². The predicted octanol–water partition coefficient (Wildman–Crippen LogP) is 1.26. The van der Waals surface area contributed by atoms with Crippen LogP contribution in [0.4, 0.5) is 5.69 Å². The summed E-state index contributed by atoms with van der Waals surface area (Å²) in [6.45, 7) is 1.77. The monoisotopic (exact) mass is 357 g/mol. The summed E-state index contributed by atoms with van der Waals surface area (Å²) in [5, 5.41) is 5.23. The van der Waals surface area contributed by atoms with Crippen molar-refractivity contribution in [3.8, 4) is 0 Å². The van der Waals surface area contributed by atoms with Crippen LogP contribution in [0.1, 0.15) is 17.4 Å². The number of hydrogen-bond donors (Lipinski definition) is 2. The first kappa shape index (κ1) is 18.0. The topological polar surface area (TPSA) is 83.8 Å². The third-order valence-corrected chi connectivity index (χ3v) is 4.42. The molecule has 1 aliphatic rings. The van der Waals surface area contributed by atoms with E-state index in [0.717, 1.165) is 24.4 Å². The first-order chi connectivity index (χ1) is 12.7. The number of carbonyl (C=O) groups excluding carboxylic acids is 2. The predicted molar refractivity (Wildman–Crippen MR) is 96.8 cm³/mol. The molecule has 3 rings (SSSR count). The number of carbonyl (C=O) groups is 2. The molecule has 0 fully saturated rings. The van der Waals surface area contributed by atoms with E-state index >= 15 is 0 Å². The zero-order valence-electron chi connectivity index (χ0n) is 14.7. The van der Waals surface area contributed by atoms with Crippen LogP contribution in [-0.4, -0.2) is 45.2 Å². The maximum Gasteiger partial charge on any atom is 0.309 e. The smallest absolute Gasteiger partial charge is 0.309 e. The molecule has 26 heavy (non-hydrogen) atoms. The number of furan rings is 1. The fraction of sp³-hybridized carbons (Fsp3) is 0.368. The second-order valence-electron chi connectivity index (χ2n) is 6.06. The van der Waals surface area contributed by atoms with Crippen LogP contribution in [-0.2, 0) is 20.7 Å². The Bertz CT molecular complexity index is 745. The number of fused-ring (bicyclic) bond motifs is 1. The summed E-state index contributed by atoms with van der Waals surface area (Å²) < 4.78 is 10.4. The van der Waals surface area contributed by atoms with E-state index in [1.807, 2.05) is 24.3 Å². The Morgan fingerprint density at radius 1 is 1.19 bits per heavy atom. The van der Waals surface area contributed by atoms with Crippen molar-refractivity contribution in [3.05, 3.63) is 54.0 Å². The van der Waals surface area contributed by atoms with E-state index in [-0.39, 0.29) is 12.6 Å². The number of hydrogen-bond acceptors (Lipinski definition) is 5. The Morgan fingerprint density at radius 3 is 2.77 bits per heavy atom. The first-order valence-corrected chi connectivity index (χ1v) is 8.63. The standard InChI is InChI=1S/C19H23N3O4/c1-25-12-9-20-18(23)19(24)21-13-16(17-7-4-11-26-17)22-10-8-14-5-2-3-6-15(14)22/h2-7,11,16H,8-10,12-13H2,1H3,(H,20,23)(H,21,24)/t16-/m0/s1. The summed E-state index contributed by atoms with van der Waals surface area (Å²) in [7, 11) is 1.54. The second-order valence-corrected chi connectivity index (χ2v) is 6.06. The Labute approximate surface area is 152 Å². The van der Waals surface area contributed by atoms with Crippen molar-refractivity contribution in [2.24, 2.45) is 0 Å². The summed E-state index contributed by atoms with van der Waals surface area (Å²) in [5.74, 6) is -0.575. The normalized spacial score (nSPS) is 14.0. The molecule has 0 unspecified atom stereocenters. The number of nitrogens with zero attached hydrogens (tertiary/aromatic N) is 1. The second kappa shape index (κ2) is 8.53. The number of para-hydroxylation sites is 1. The fourth-order valence-electron chi connectivity index (χ4n) is 3.15. The zero-order chi connectivity index (χ0) is 18.4. The van der Waals surface area contributed by atoms with Crippen LogP contribution in [0.3, 0.4) is 0 Å². The van der Waals surface area contributed by atoms with Crippen LogP contribution < -0.4 is 15.5 Å². The minimum atomic E-state index is -0.665. The third kappa shape index (κ3) is 4.05. The molecule has 0 radical (unpaired) electrons. The van der Waals surface area contributed by atoms with Crippen LogP contribution in [0.15, 0.2) is 47.1 Å². The molecule has 0 aliphatic carbocycles. The molecule has 2 aromatic rings. The van der Waals surface area contributed by atoms with Gasteiger partial charge in [0, 0.05) is 32.4 Å². The minimum Gasteiger partial charge on any atom is -0.467 e. The van der Waals surface area contributed by atoms with Crippen LogP contribution in [0.5, 0.6) is 0 Å². The lowest BCUT2D eigenvalue weighted by Gasteiger charge is -2.29. The van der Waals surface area contributed by atoms with Crippen molar-refractivity contribution in [3.63, 3.8) is 0 Å². The van der Waals surface area contributed by atoms with E-state index in [1.165, 1.54) is 12.7 Å². The van der Waals surface area contributed by atoms with Gasteiger partial charge in [0.2, 0.25) is 0 Å². The van der Waals surface area contributed by atoms with E-state index in [1.54, 1.807) is 6.26 Å². The molecular formula is C19H23N3O4. The largest absolute Gasteiger partial charge is 0.467 e. The van der Waals surface area contributed by atoms with Gasteiger partial charge in [-0.2, -0.15) is 0 Å². The highest BCUT2D eigenvalue weighted by atomic mass is 16.5. The molecule has 2 N–H and O–H groups in total. The highest BCUT2D eigenvalue weighted by molar-refractivity contribution is 6.35. The summed E-state index contributed by atoms with van der Waals surface area (Å²) in [4.78, 5) is 26.1. The molecular weight excluding hydrogens is 334 g/mol. The average molecular weight is 357 g/mol. The molecule has 0 saturated carbocycles. The first-order valence-electron chi connectivity index (χ1n) is 8.63. The van der Waals surface area contributed by atoms with Gasteiger partial charge in [-0.25, -0.2) is 0 Å². The molecule has 0 saturated heterocycles. The number of methoxy groups -OCH3 is 1. The SMILES string of the molecule is COCCNC(=O)C(=O)NC[C@@H](c1ccco1)N1CCc2ccccc21. The van der Waals surface area contributed by atoms with E-state index < -0.39 is 11.8 Å². The molecule has 7 heteroatoms. The molecule has 7 nitrogen and oxygen atoms in total. The van der Waals surface area contributed by atoms with Gasteiger partial charge in [-0.15, -0.1) is 0 Å². The maximum atomic E-state index is 12.1. The molecule has 0 bridgehead atoms. The van der Waals surface area contributed by atoms with Gasteiger partial charge < -0.3 is 24.7 Å². The number of ether oxygens (including phenoxy) is 1. The fourth-order valence-corrected chi connectivity index (χ4v) is 3.15.